The van der Waals surface area contributed by atoms with Gasteiger partial charge in [-0.05, 0) is 104 Å². The van der Waals surface area contributed by atoms with Crippen LogP contribution in [0.5, 0.6) is 0 Å². The zero-order chi connectivity index (χ0) is 33.8. The standard InChI is InChI=1S/C48H37NO/c1-47(2)39-15-8-5-12-34(39)36-26-22-31(28-41(36)47)30-20-23-32(24-21-30)49(43-17-11-19-45-46(43)38-14-7-10-18-44(38)50-45)33-25-27-37-35-13-6-9-16-40(35)48(3,4)42(37)29-33/h5-29H,1-4H3. The first-order chi connectivity index (χ1) is 24.3. The number of furan rings is 1. The van der Waals surface area contributed by atoms with Crippen LogP contribution in [-0.4, -0.2) is 0 Å². The van der Waals surface area contributed by atoms with Gasteiger partial charge in [-0.25, -0.2) is 0 Å². The zero-order valence-corrected chi connectivity index (χ0v) is 28.8. The van der Waals surface area contributed by atoms with Crippen molar-refractivity contribution in [1.29, 1.82) is 0 Å². The van der Waals surface area contributed by atoms with E-state index in [1.807, 2.05) is 6.07 Å². The average molecular weight is 644 g/mol. The molecule has 2 aliphatic rings. The molecule has 1 aromatic heterocycles. The van der Waals surface area contributed by atoms with E-state index in [0.29, 0.717) is 0 Å². The molecule has 0 N–H and O–H groups in total. The van der Waals surface area contributed by atoms with E-state index >= 15 is 0 Å². The van der Waals surface area contributed by atoms with E-state index in [-0.39, 0.29) is 10.8 Å². The molecule has 50 heavy (non-hydrogen) atoms. The van der Waals surface area contributed by atoms with Crippen LogP contribution in [0.15, 0.2) is 156 Å². The summed E-state index contributed by atoms with van der Waals surface area (Å²) < 4.78 is 6.39. The van der Waals surface area contributed by atoms with E-state index in [1.54, 1.807) is 0 Å². The molecule has 0 radical (unpaired) electrons. The summed E-state index contributed by atoms with van der Waals surface area (Å²) in [4.78, 5) is 2.41. The molecule has 0 aliphatic heterocycles. The Hall–Kier alpha value is -5.86. The number of hydrogen-bond donors (Lipinski definition) is 0. The number of hydrogen-bond acceptors (Lipinski definition) is 2. The third kappa shape index (κ3) is 4.02. The van der Waals surface area contributed by atoms with Crippen LogP contribution < -0.4 is 4.90 Å². The van der Waals surface area contributed by atoms with Crippen molar-refractivity contribution in [2.45, 2.75) is 38.5 Å². The molecule has 7 aromatic carbocycles. The summed E-state index contributed by atoms with van der Waals surface area (Å²) in [5.74, 6) is 0. The number of para-hydroxylation sites is 1. The smallest absolute Gasteiger partial charge is 0.137 e. The van der Waals surface area contributed by atoms with Crippen LogP contribution in [0.25, 0.3) is 55.3 Å². The van der Waals surface area contributed by atoms with Crippen LogP contribution in [0.1, 0.15) is 49.9 Å². The van der Waals surface area contributed by atoms with E-state index in [1.165, 1.54) is 55.6 Å². The molecule has 0 amide bonds. The topological polar surface area (TPSA) is 16.4 Å². The Morgan fingerprint density at radius 1 is 0.420 bits per heavy atom. The van der Waals surface area contributed by atoms with E-state index in [0.717, 1.165) is 39.0 Å². The van der Waals surface area contributed by atoms with Crippen molar-refractivity contribution in [3.8, 4) is 33.4 Å². The minimum Gasteiger partial charge on any atom is -0.456 e. The Morgan fingerprint density at radius 2 is 0.960 bits per heavy atom. The molecule has 2 heteroatoms. The van der Waals surface area contributed by atoms with Crippen molar-refractivity contribution < 1.29 is 4.42 Å². The van der Waals surface area contributed by atoms with Gasteiger partial charge in [0.25, 0.3) is 0 Å². The molecule has 2 aliphatic carbocycles. The van der Waals surface area contributed by atoms with Crippen LogP contribution >= 0.6 is 0 Å². The predicted molar refractivity (Wildman–Crippen MR) is 209 cm³/mol. The third-order valence-corrected chi connectivity index (χ3v) is 11.5. The number of nitrogens with zero attached hydrogens (tertiary/aromatic N) is 1. The van der Waals surface area contributed by atoms with E-state index in [9.17, 15) is 0 Å². The van der Waals surface area contributed by atoms with Crippen LogP contribution in [0, 0.1) is 0 Å². The molecule has 0 saturated heterocycles. The monoisotopic (exact) mass is 643 g/mol. The Balaban J connectivity index is 1.13. The van der Waals surface area contributed by atoms with Gasteiger partial charge in [0.2, 0.25) is 0 Å². The van der Waals surface area contributed by atoms with Gasteiger partial charge in [-0.15, -0.1) is 0 Å². The Bertz CT molecular complexity index is 2650. The summed E-state index contributed by atoms with van der Waals surface area (Å²) in [6.07, 6.45) is 0. The number of benzene rings is 7. The fourth-order valence-electron chi connectivity index (χ4n) is 8.89. The SMILES string of the molecule is CC1(C)c2ccccc2-c2ccc(-c3ccc(N(c4ccc5c(c4)C(C)(C)c4ccccc4-5)c4cccc5oc6ccccc6c45)cc3)cc21. The Labute approximate surface area is 293 Å². The molecule has 8 aromatic rings. The van der Waals surface area contributed by atoms with Crippen LogP contribution in [0.3, 0.4) is 0 Å². The molecule has 1 heterocycles. The first-order valence-electron chi connectivity index (χ1n) is 17.6. The number of fused-ring (bicyclic) bond motifs is 9. The van der Waals surface area contributed by atoms with E-state index in [4.69, 9.17) is 4.42 Å². The maximum atomic E-state index is 6.39. The maximum absolute atomic E-state index is 6.39. The quantitative estimate of drug-likeness (QED) is 0.190. The molecule has 0 fully saturated rings. The lowest BCUT2D eigenvalue weighted by Crippen LogP contribution is -2.16. The lowest BCUT2D eigenvalue weighted by Gasteiger charge is -2.29. The zero-order valence-electron chi connectivity index (χ0n) is 28.8. The lowest BCUT2D eigenvalue weighted by molar-refractivity contribution is 0.660. The predicted octanol–water partition coefficient (Wildman–Crippen LogP) is 13.3. The summed E-state index contributed by atoms with van der Waals surface area (Å²) >= 11 is 0. The molecule has 0 unspecified atom stereocenters. The highest BCUT2D eigenvalue weighted by atomic mass is 16.3. The highest BCUT2D eigenvalue weighted by Crippen LogP contribution is 2.52. The second-order valence-electron chi connectivity index (χ2n) is 15.0. The average Bonchev–Trinajstić information content (AvgIpc) is 3.72. The second-order valence-corrected chi connectivity index (χ2v) is 15.0. The minimum atomic E-state index is -0.104. The van der Waals surface area contributed by atoms with Crippen molar-refractivity contribution in [3.63, 3.8) is 0 Å². The third-order valence-electron chi connectivity index (χ3n) is 11.5. The van der Waals surface area contributed by atoms with Gasteiger partial charge in [-0.1, -0.05) is 131 Å². The Morgan fingerprint density at radius 3 is 1.68 bits per heavy atom. The Kier molecular flexibility index (Phi) is 6.01. The summed E-state index contributed by atoms with van der Waals surface area (Å²) in [7, 11) is 0. The summed E-state index contributed by atoms with van der Waals surface area (Å²) in [6.45, 7) is 9.39. The lowest BCUT2D eigenvalue weighted by atomic mass is 9.81. The summed E-state index contributed by atoms with van der Waals surface area (Å²) in [5.41, 5.74) is 18.3. The molecular formula is C48H37NO. The molecular weight excluding hydrogens is 607 g/mol. The van der Waals surface area contributed by atoms with Crippen molar-refractivity contribution >= 4 is 39.0 Å². The maximum Gasteiger partial charge on any atom is 0.137 e. The van der Waals surface area contributed by atoms with Gasteiger partial charge in [0.1, 0.15) is 11.2 Å². The minimum absolute atomic E-state index is 0.0360. The van der Waals surface area contributed by atoms with E-state index in [2.05, 4.69) is 178 Å². The van der Waals surface area contributed by atoms with Crippen molar-refractivity contribution in [2.24, 2.45) is 0 Å². The molecule has 0 bridgehead atoms. The van der Waals surface area contributed by atoms with E-state index < -0.39 is 0 Å². The number of anilines is 3. The summed E-state index contributed by atoms with van der Waals surface area (Å²) in [6, 6.07) is 55.6. The van der Waals surface area contributed by atoms with Crippen LogP contribution in [0.2, 0.25) is 0 Å². The van der Waals surface area contributed by atoms with Crippen LogP contribution in [-0.2, 0) is 10.8 Å². The van der Waals surface area contributed by atoms with Gasteiger partial charge in [-0.2, -0.15) is 0 Å². The molecule has 0 spiro atoms. The van der Waals surface area contributed by atoms with Crippen molar-refractivity contribution in [1.82, 2.24) is 0 Å². The largest absolute Gasteiger partial charge is 0.456 e. The molecule has 240 valence electrons. The normalized spacial score (nSPS) is 14.7. The second kappa shape index (κ2) is 10.3. The van der Waals surface area contributed by atoms with Crippen molar-refractivity contribution in [2.75, 3.05) is 4.90 Å². The van der Waals surface area contributed by atoms with Gasteiger partial charge in [0.05, 0.1) is 11.1 Å². The van der Waals surface area contributed by atoms with Crippen molar-refractivity contribution in [3.05, 3.63) is 174 Å². The number of rotatable bonds is 4. The van der Waals surface area contributed by atoms with Crippen LogP contribution in [0.4, 0.5) is 17.1 Å². The fourth-order valence-corrected chi connectivity index (χ4v) is 8.89. The highest BCUT2D eigenvalue weighted by Gasteiger charge is 2.37. The fraction of sp³-hybridized carbons (Fsp3) is 0.125. The highest BCUT2D eigenvalue weighted by molar-refractivity contribution is 6.13. The molecule has 10 rings (SSSR count). The molecule has 0 atom stereocenters. The molecule has 0 saturated carbocycles. The van der Waals surface area contributed by atoms with Gasteiger partial charge in [0, 0.05) is 27.6 Å². The first-order valence-corrected chi connectivity index (χ1v) is 17.6. The molecule has 2 nitrogen and oxygen atoms in total. The summed E-state index contributed by atoms with van der Waals surface area (Å²) in [5, 5.41) is 2.24. The first kappa shape index (κ1) is 29.1. The van der Waals surface area contributed by atoms with Gasteiger partial charge in [-0.3, -0.25) is 0 Å². The van der Waals surface area contributed by atoms with Gasteiger partial charge < -0.3 is 9.32 Å². The van der Waals surface area contributed by atoms with Gasteiger partial charge >= 0.3 is 0 Å². The van der Waals surface area contributed by atoms with Gasteiger partial charge in [0.15, 0.2) is 0 Å².